The maximum Gasteiger partial charge on any atom is 0.407 e. The van der Waals surface area contributed by atoms with Crippen molar-refractivity contribution in [1.29, 1.82) is 0 Å². The molecule has 0 unspecified atom stereocenters. The number of amides is 1. The van der Waals surface area contributed by atoms with Crippen LogP contribution < -0.4 is 0 Å². The zero-order valence-electron chi connectivity index (χ0n) is 17.3. The lowest BCUT2D eigenvalue weighted by molar-refractivity contribution is 0.132. The lowest BCUT2D eigenvalue weighted by Crippen LogP contribution is -2.36. The molecule has 158 valence electrons. The fourth-order valence-corrected chi connectivity index (χ4v) is 4.39. The molecule has 1 fully saturated rings. The summed E-state index contributed by atoms with van der Waals surface area (Å²) in [5.41, 5.74) is 5.55. The highest BCUT2D eigenvalue weighted by molar-refractivity contribution is 5.82. The van der Waals surface area contributed by atoms with E-state index in [1.807, 2.05) is 12.3 Å². The Balaban J connectivity index is 1.33. The lowest BCUT2D eigenvalue weighted by atomic mass is 9.89. The smallest absolute Gasteiger partial charge is 0.407 e. The number of aromatic nitrogens is 5. The quantitative estimate of drug-likeness (QED) is 0.546. The Hall–Kier alpha value is -3.68. The first-order chi connectivity index (χ1) is 15.1. The summed E-state index contributed by atoms with van der Waals surface area (Å²) in [4.78, 5) is 21.4. The van der Waals surface area contributed by atoms with Crippen LogP contribution >= 0.6 is 0 Å². The molecular weight excluding hydrogens is 392 g/mol. The first kappa shape index (κ1) is 19.3. The van der Waals surface area contributed by atoms with Crippen molar-refractivity contribution in [3.63, 3.8) is 0 Å². The molecule has 8 heteroatoms. The number of aryl methyl sites for hydroxylation is 1. The average molecular weight is 416 g/mol. The molecule has 4 heterocycles. The molecule has 1 N–H and O–H groups in total. The van der Waals surface area contributed by atoms with E-state index in [0.717, 1.165) is 35.1 Å². The van der Waals surface area contributed by atoms with Gasteiger partial charge in [-0.3, -0.25) is 4.98 Å². The van der Waals surface area contributed by atoms with E-state index < -0.39 is 6.09 Å². The Labute approximate surface area is 179 Å². The number of hydrogen-bond acceptors (Lipinski definition) is 4. The Morgan fingerprint density at radius 3 is 2.74 bits per heavy atom. The molecule has 3 aromatic heterocycles. The number of carbonyl (C=O) groups is 1. The summed E-state index contributed by atoms with van der Waals surface area (Å²) in [6, 6.07) is 10.6. The molecule has 1 aliphatic heterocycles. The highest BCUT2D eigenvalue weighted by Gasteiger charge is 2.24. The highest BCUT2D eigenvalue weighted by atomic mass is 16.4. The third-order valence-electron chi connectivity index (χ3n) is 6.20. The van der Waals surface area contributed by atoms with Crippen LogP contribution in [-0.2, 0) is 6.54 Å². The average Bonchev–Trinajstić information content (AvgIpc) is 3.45. The van der Waals surface area contributed by atoms with Gasteiger partial charge in [0.25, 0.3) is 0 Å². The van der Waals surface area contributed by atoms with Gasteiger partial charge in [0.15, 0.2) is 0 Å². The van der Waals surface area contributed by atoms with Crippen molar-refractivity contribution in [2.45, 2.75) is 32.2 Å². The van der Waals surface area contributed by atoms with Crippen molar-refractivity contribution in [1.82, 2.24) is 29.2 Å². The summed E-state index contributed by atoms with van der Waals surface area (Å²) in [5.74, 6) is 0.374. The van der Waals surface area contributed by atoms with Gasteiger partial charge in [0.05, 0.1) is 17.9 Å². The second-order valence-corrected chi connectivity index (χ2v) is 8.10. The fraction of sp³-hybridized carbons (Fsp3) is 0.304. The molecule has 0 bridgehead atoms. The molecule has 0 saturated carbocycles. The van der Waals surface area contributed by atoms with Crippen molar-refractivity contribution >= 4 is 17.0 Å². The molecule has 1 amide bonds. The predicted molar refractivity (Wildman–Crippen MR) is 117 cm³/mol. The summed E-state index contributed by atoms with van der Waals surface area (Å²) in [6.07, 6.45) is 8.16. The second-order valence-electron chi connectivity index (χ2n) is 8.10. The molecule has 1 aliphatic rings. The van der Waals surface area contributed by atoms with Crippen LogP contribution in [0, 0.1) is 6.92 Å². The van der Waals surface area contributed by atoms with Gasteiger partial charge >= 0.3 is 6.09 Å². The topological polar surface area (TPSA) is 89.1 Å². The number of hydrogen-bond donors (Lipinski definition) is 1. The van der Waals surface area contributed by atoms with Gasteiger partial charge in [0.1, 0.15) is 12.7 Å². The number of carboxylic acid groups (broad SMARTS) is 1. The van der Waals surface area contributed by atoms with Crippen LogP contribution in [0.2, 0.25) is 0 Å². The van der Waals surface area contributed by atoms with Crippen LogP contribution in [0.3, 0.4) is 0 Å². The van der Waals surface area contributed by atoms with E-state index in [2.05, 4.69) is 52.0 Å². The van der Waals surface area contributed by atoms with Gasteiger partial charge in [-0.25, -0.2) is 14.5 Å². The Bertz CT molecular complexity index is 1220. The molecule has 8 nitrogen and oxygen atoms in total. The van der Waals surface area contributed by atoms with Gasteiger partial charge < -0.3 is 14.6 Å². The zero-order chi connectivity index (χ0) is 21.4. The molecular formula is C23H24N6O2. The van der Waals surface area contributed by atoms with Crippen LogP contribution in [0.4, 0.5) is 4.79 Å². The first-order valence-corrected chi connectivity index (χ1v) is 10.5. The van der Waals surface area contributed by atoms with E-state index >= 15 is 0 Å². The molecule has 0 aliphatic carbocycles. The van der Waals surface area contributed by atoms with Crippen LogP contribution in [0.1, 0.15) is 35.6 Å². The largest absolute Gasteiger partial charge is 0.465 e. The molecule has 0 radical (unpaired) electrons. The third-order valence-corrected chi connectivity index (χ3v) is 6.20. The van der Waals surface area contributed by atoms with Crippen LogP contribution in [0.25, 0.3) is 16.6 Å². The standard InChI is InChI=1S/C23H24N6O2/c1-16-10-19(17-4-7-27(8-5-17)23(30)31)12-25-21(16)13-28-9-6-18-11-20(2-3-22(18)28)29-15-24-14-26-29/h2-3,6,9-12,14-15,17H,4-5,7-8,13H2,1H3,(H,30,31). The number of pyridine rings is 1. The molecule has 0 spiro atoms. The van der Waals surface area contributed by atoms with Gasteiger partial charge in [-0.05, 0) is 61.1 Å². The minimum atomic E-state index is -0.824. The van der Waals surface area contributed by atoms with Crippen LogP contribution in [0.5, 0.6) is 0 Å². The Kier molecular flexibility index (Phi) is 4.89. The van der Waals surface area contributed by atoms with Crippen molar-refractivity contribution in [3.05, 3.63) is 72.2 Å². The van der Waals surface area contributed by atoms with Crippen molar-refractivity contribution in [3.8, 4) is 5.69 Å². The predicted octanol–water partition coefficient (Wildman–Crippen LogP) is 3.83. The second kappa shape index (κ2) is 7.86. The van der Waals surface area contributed by atoms with E-state index in [9.17, 15) is 4.79 Å². The van der Waals surface area contributed by atoms with E-state index in [1.54, 1.807) is 11.0 Å². The van der Waals surface area contributed by atoms with Crippen molar-refractivity contribution in [2.24, 2.45) is 0 Å². The molecule has 4 aromatic rings. The first-order valence-electron chi connectivity index (χ1n) is 10.5. The maximum absolute atomic E-state index is 11.1. The van der Waals surface area contributed by atoms with Gasteiger partial charge in [-0.1, -0.05) is 6.07 Å². The summed E-state index contributed by atoms with van der Waals surface area (Å²) in [7, 11) is 0. The number of benzene rings is 1. The van der Waals surface area contributed by atoms with E-state index in [4.69, 9.17) is 10.1 Å². The summed E-state index contributed by atoms with van der Waals surface area (Å²) in [5, 5.41) is 14.5. The number of likely N-dealkylation sites (tertiary alicyclic amines) is 1. The lowest BCUT2D eigenvalue weighted by Gasteiger charge is -2.30. The molecule has 1 aromatic carbocycles. The molecule has 31 heavy (non-hydrogen) atoms. The maximum atomic E-state index is 11.1. The number of fused-ring (bicyclic) bond motifs is 1. The SMILES string of the molecule is Cc1cc(C2CCN(C(=O)O)CC2)cnc1Cn1ccc2cc(-n3cncn3)ccc21. The Morgan fingerprint density at radius 2 is 2.03 bits per heavy atom. The minimum absolute atomic E-state index is 0.374. The van der Waals surface area contributed by atoms with E-state index in [1.165, 1.54) is 22.4 Å². The minimum Gasteiger partial charge on any atom is -0.465 e. The van der Waals surface area contributed by atoms with Crippen molar-refractivity contribution in [2.75, 3.05) is 13.1 Å². The van der Waals surface area contributed by atoms with Crippen LogP contribution in [0.15, 0.2) is 55.4 Å². The molecule has 1 saturated heterocycles. The van der Waals surface area contributed by atoms with Gasteiger partial charge in [0.2, 0.25) is 0 Å². The highest BCUT2D eigenvalue weighted by Crippen LogP contribution is 2.29. The van der Waals surface area contributed by atoms with Gasteiger partial charge in [-0.15, -0.1) is 0 Å². The summed E-state index contributed by atoms with van der Waals surface area (Å²) in [6.45, 7) is 3.99. The fourth-order valence-electron chi connectivity index (χ4n) is 4.39. The number of rotatable bonds is 4. The van der Waals surface area contributed by atoms with Crippen LogP contribution in [-0.4, -0.2) is 53.5 Å². The summed E-state index contributed by atoms with van der Waals surface area (Å²) >= 11 is 0. The Morgan fingerprint density at radius 1 is 1.19 bits per heavy atom. The van der Waals surface area contributed by atoms with Gasteiger partial charge in [0, 0.05) is 36.4 Å². The third kappa shape index (κ3) is 3.76. The summed E-state index contributed by atoms with van der Waals surface area (Å²) < 4.78 is 3.96. The van der Waals surface area contributed by atoms with Crippen molar-refractivity contribution < 1.29 is 9.90 Å². The van der Waals surface area contributed by atoms with Gasteiger partial charge in [-0.2, -0.15) is 5.10 Å². The number of nitrogens with zero attached hydrogens (tertiary/aromatic N) is 6. The monoisotopic (exact) mass is 416 g/mol. The number of piperidine rings is 1. The molecule has 0 atom stereocenters. The molecule has 5 rings (SSSR count). The van der Waals surface area contributed by atoms with E-state index in [-0.39, 0.29) is 0 Å². The van der Waals surface area contributed by atoms with E-state index in [0.29, 0.717) is 25.6 Å². The zero-order valence-corrected chi connectivity index (χ0v) is 17.3. The normalized spacial score (nSPS) is 14.9.